The molecule has 0 bridgehead atoms. The molecule has 144 valence electrons. The molecule has 0 spiro atoms. The van der Waals surface area contributed by atoms with E-state index in [0.29, 0.717) is 11.3 Å². The van der Waals surface area contributed by atoms with E-state index in [1.165, 1.54) is 10.4 Å². The fourth-order valence-corrected chi connectivity index (χ4v) is 3.80. The van der Waals surface area contributed by atoms with Gasteiger partial charge in [-0.05, 0) is 48.2 Å². The molecule has 0 saturated heterocycles. The molecule has 1 N–H and O–H groups in total. The highest BCUT2D eigenvalue weighted by Crippen LogP contribution is 2.24. The van der Waals surface area contributed by atoms with Crippen molar-refractivity contribution in [2.45, 2.75) is 26.7 Å². The van der Waals surface area contributed by atoms with E-state index in [1.807, 2.05) is 18.2 Å². The molecule has 27 heavy (non-hydrogen) atoms. The van der Waals surface area contributed by atoms with Gasteiger partial charge in [-0.1, -0.05) is 38.1 Å². The molecule has 0 atom stereocenters. The van der Waals surface area contributed by atoms with Gasteiger partial charge in [0.15, 0.2) is 0 Å². The predicted molar refractivity (Wildman–Crippen MR) is 112 cm³/mol. The van der Waals surface area contributed by atoms with Crippen LogP contribution in [0.25, 0.3) is 0 Å². The number of hydrogen-bond acceptors (Lipinski definition) is 3. The van der Waals surface area contributed by atoms with Gasteiger partial charge in [0.05, 0.1) is 18.5 Å². The van der Waals surface area contributed by atoms with Gasteiger partial charge in [0.25, 0.3) is 5.91 Å². The molecule has 0 aliphatic rings. The average Bonchev–Trinajstić information content (AvgIpc) is 2.65. The lowest BCUT2D eigenvalue weighted by molar-refractivity contribution is 0.102. The van der Waals surface area contributed by atoms with E-state index in [2.05, 4.69) is 25.7 Å². The molecule has 0 aromatic heterocycles. The van der Waals surface area contributed by atoms with Crippen LogP contribution in [0.3, 0.4) is 0 Å². The van der Waals surface area contributed by atoms with Crippen molar-refractivity contribution in [1.82, 2.24) is 0 Å². The standard InChI is InChI=1S/C21H26N2O3S/c1-5-15-23(27(4,25)26)19-13-11-18(12-14-19)21(24)22-20-16(6-2)9-8-10-17(20)7-3/h5,8-14H,1,6-7,15H2,2-4H3,(H,22,24). The second kappa shape index (κ2) is 8.86. The van der Waals surface area contributed by atoms with E-state index in [0.717, 1.165) is 35.9 Å². The Bertz CT molecular complexity index is 897. The third kappa shape index (κ3) is 4.98. The molecule has 0 aliphatic heterocycles. The summed E-state index contributed by atoms with van der Waals surface area (Å²) in [6.07, 6.45) is 4.32. The van der Waals surface area contributed by atoms with Crippen LogP contribution in [0.1, 0.15) is 35.3 Å². The number of anilines is 2. The molecule has 6 heteroatoms. The van der Waals surface area contributed by atoms with Gasteiger partial charge in [0, 0.05) is 11.3 Å². The molecule has 0 radical (unpaired) electrons. The van der Waals surface area contributed by atoms with Crippen LogP contribution in [0.15, 0.2) is 55.1 Å². The zero-order valence-electron chi connectivity index (χ0n) is 16.0. The summed E-state index contributed by atoms with van der Waals surface area (Å²) in [7, 11) is -3.42. The van der Waals surface area contributed by atoms with Gasteiger partial charge in [0.2, 0.25) is 10.0 Å². The number of nitrogens with zero attached hydrogens (tertiary/aromatic N) is 1. The van der Waals surface area contributed by atoms with Crippen molar-refractivity contribution >= 4 is 27.3 Å². The maximum atomic E-state index is 12.7. The maximum absolute atomic E-state index is 12.7. The van der Waals surface area contributed by atoms with E-state index in [1.54, 1.807) is 24.3 Å². The zero-order valence-corrected chi connectivity index (χ0v) is 16.8. The first-order valence-electron chi connectivity index (χ1n) is 8.92. The summed E-state index contributed by atoms with van der Waals surface area (Å²) in [5.41, 5.74) is 4.01. The average molecular weight is 387 g/mol. The van der Waals surface area contributed by atoms with Crippen LogP contribution < -0.4 is 9.62 Å². The fraction of sp³-hybridized carbons (Fsp3) is 0.286. The van der Waals surface area contributed by atoms with Crippen LogP contribution in [0.5, 0.6) is 0 Å². The van der Waals surface area contributed by atoms with Crippen LogP contribution in [-0.4, -0.2) is 27.1 Å². The number of para-hydroxylation sites is 1. The predicted octanol–water partition coefficient (Wildman–Crippen LogP) is 4.02. The highest BCUT2D eigenvalue weighted by molar-refractivity contribution is 7.92. The summed E-state index contributed by atoms with van der Waals surface area (Å²) in [6, 6.07) is 12.5. The summed E-state index contributed by atoms with van der Waals surface area (Å²) in [6.45, 7) is 7.88. The van der Waals surface area contributed by atoms with E-state index in [9.17, 15) is 13.2 Å². The third-order valence-corrected chi connectivity index (χ3v) is 5.51. The monoisotopic (exact) mass is 386 g/mol. The van der Waals surface area contributed by atoms with Crippen molar-refractivity contribution in [3.05, 3.63) is 71.8 Å². The first-order chi connectivity index (χ1) is 12.8. The number of nitrogens with one attached hydrogen (secondary N) is 1. The lowest BCUT2D eigenvalue weighted by atomic mass is 10.0. The fourth-order valence-electron chi connectivity index (χ4n) is 2.92. The van der Waals surface area contributed by atoms with Crippen molar-refractivity contribution in [3.63, 3.8) is 0 Å². The van der Waals surface area contributed by atoms with Gasteiger partial charge in [-0.25, -0.2) is 8.42 Å². The molecule has 5 nitrogen and oxygen atoms in total. The summed E-state index contributed by atoms with van der Waals surface area (Å²) in [4.78, 5) is 12.7. The second-order valence-corrected chi connectivity index (χ2v) is 8.15. The number of amides is 1. The normalized spacial score (nSPS) is 11.1. The van der Waals surface area contributed by atoms with Crippen molar-refractivity contribution in [2.24, 2.45) is 0 Å². The molecule has 0 heterocycles. The summed E-state index contributed by atoms with van der Waals surface area (Å²) in [5, 5.41) is 3.01. The summed E-state index contributed by atoms with van der Waals surface area (Å²) < 4.78 is 25.1. The lowest BCUT2D eigenvalue weighted by Crippen LogP contribution is -2.29. The molecule has 0 fully saturated rings. The number of aryl methyl sites for hydroxylation is 2. The minimum atomic E-state index is -3.42. The topological polar surface area (TPSA) is 66.5 Å². The van der Waals surface area contributed by atoms with Crippen LogP contribution in [-0.2, 0) is 22.9 Å². The quantitative estimate of drug-likeness (QED) is 0.697. The van der Waals surface area contributed by atoms with Crippen molar-refractivity contribution in [3.8, 4) is 0 Å². The van der Waals surface area contributed by atoms with E-state index >= 15 is 0 Å². The zero-order chi connectivity index (χ0) is 20.0. The van der Waals surface area contributed by atoms with Gasteiger partial charge in [-0.2, -0.15) is 0 Å². The van der Waals surface area contributed by atoms with E-state index in [4.69, 9.17) is 0 Å². The van der Waals surface area contributed by atoms with Gasteiger partial charge in [-0.15, -0.1) is 6.58 Å². The Morgan fingerprint density at radius 3 is 2.07 bits per heavy atom. The van der Waals surface area contributed by atoms with Gasteiger partial charge in [0.1, 0.15) is 0 Å². The molecular weight excluding hydrogens is 360 g/mol. The Labute approximate surface area is 161 Å². The Morgan fingerprint density at radius 1 is 1.07 bits per heavy atom. The molecule has 2 rings (SSSR count). The van der Waals surface area contributed by atoms with Gasteiger partial charge in [-0.3, -0.25) is 9.10 Å². The largest absolute Gasteiger partial charge is 0.321 e. The summed E-state index contributed by atoms with van der Waals surface area (Å²) in [5.74, 6) is -0.216. The number of hydrogen-bond donors (Lipinski definition) is 1. The molecular formula is C21H26N2O3S. The number of benzene rings is 2. The molecule has 0 unspecified atom stereocenters. The number of carbonyl (C=O) groups excluding carboxylic acids is 1. The van der Waals surface area contributed by atoms with E-state index < -0.39 is 10.0 Å². The number of sulfonamides is 1. The number of rotatable bonds is 8. The molecule has 0 saturated carbocycles. The van der Waals surface area contributed by atoms with Crippen LogP contribution in [0.2, 0.25) is 0 Å². The van der Waals surface area contributed by atoms with Crippen molar-refractivity contribution < 1.29 is 13.2 Å². The smallest absolute Gasteiger partial charge is 0.255 e. The van der Waals surface area contributed by atoms with Gasteiger partial charge >= 0.3 is 0 Å². The first-order valence-corrected chi connectivity index (χ1v) is 10.8. The Hall–Kier alpha value is -2.60. The molecule has 2 aromatic rings. The van der Waals surface area contributed by atoms with Gasteiger partial charge < -0.3 is 5.32 Å². The molecule has 1 amide bonds. The molecule has 0 aliphatic carbocycles. The number of carbonyl (C=O) groups is 1. The maximum Gasteiger partial charge on any atom is 0.255 e. The third-order valence-electron chi connectivity index (χ3n) is 4.35. The van der Waals surface area contributed by atoms with Crippen LogP contribution >= 0.6 is 0 Å². The van der Waals surface area contributed by atoms with Crippen LogP contribution in [0.4, 0.5) is 11.4 Å². The highest BCUT2D eigenvalue weighted by Gasteiger charge is 2.17. The van der Waals surface area contributed by atoms with Crippen LogP contribution in [0, 0.1) is 0 Å². The minimum Gasteiger partial charge on any atom is -0.321 e. The Balaban J connectivity index is 2.28. The molecule has 2 aromatic carbocycles. The Morgan fingerprint density at radius 2 is 1.63 bits per heavy atom. The van der Waals surface area contributed by atoms with Crippen molar-refractivity contribution in [1.29, 1.82) is 0 Å². The van der Waals surface area contributed by atoms with E-state index in [-0.39, 0.29) is 12.5 Å². The first kappa shape index (κ1) is 20.7. The highest BCUT2D eigenvalue weighted by atomic mass is 32.2. The second-order valence-electron chi connectivity index (χ2n) is 6.24. The Kier molecular flexibility index (Phi) is 6.80. The lowest BCUT2D eigenvalue weighted by Gasteiger charge is -2.21. The minimum absolute atomic E-state index is 0.175. The van der Waals surface area contributed by atoms with Crippen molar-refractivity contribution in [2.75, 3.05) is 22.4 Å². The SMILES string of the molecule is C=CCN(c1ccc(C(=O)Nc2c(CC)cccc2CC)cc1)S(C)(=O)=O. The summed E-state index contributed by atoms with van der Waals surface area (Å²) >= 11 is 0.